The van der Waals surface area contributed by atoms with Gasteiger partial charge in [0.15, 0.2) is 0 Å². The van der Waals surface area contributed by atoms with E-state index in [1.165, 1.54) is 11.8 Å². The van der Waals surface area contributed by atoms with Crippen LogP contribution in [0.25, 0.3) is 0 Å². The molecule has 1 aliphatic carbocycles. The molecule has 2 aromatic carbocycles. The standard InChI is InChI=1S/C24H26Cl4N2O2S/c1-15(24(32)29-19-4-2-3-5-19)30(12-16-6-9-20(26)22(28)10-16)23(31)14-33-13-17-7-8-18(25)11-21(17)27/h6-11,15,19H,2-5,12-14H2,1H3,(H,29,32)/t15-/m1/s1. The van der Waals surface area contributed by atoms with E-state index in [9.17, 15) is 9.59 Å². The van der Waals surface area contributed by atoms with Gasteiger partial charge in [-0.1, -0.05) is 71.4 Å². The van der Waals surface area contributed by atoms with Gasteiger partial charge in [0.2, 0.25) is 11.8 Å². The lowest BCUT2D eigenvalue weighted by molar-refractivity contribution is -0.138. The first-order chi connectivity index (χ1) is 15.7. The summed E-state index contributed by atoms with van der Waals surface area (Å²) in [5, 5.41) is 5.09. The second-order valence-corrected chi connectivity index (χ2v) is 10.8. The van der Waals surface area contributed by atoms with Crippen molar-refractivity contribution in [3.63, 3.8) is 0 Å². The topological polar surface area (TPSA) is 49.4 Å². The normalized spacial score (nSPS) is 14.8. The van der Waals surface area contributed by atoms with Crippen LogP contribution in [-0.2, 0) is 21.9 Å². The number of nitrogens with one attached hydrogen (secondary N) is 1. The Morgan fingerprint density at radius 3 is 2.42 bits per heavy atom. The number of hydrogen-bond acceptors (Lipinski definition) is 3. The van der Waals surface area contributed by atoms with Gasteiger partial charge in [-0.05, 0) is 55.2 Å². The first kappa shape index (κ1) is 26.5. The minimum Gasteiger partial charge on any atom is -0.352 e. The van der Waals surface area contributed by atoms with Crippen molar-refractivity contribution in [2.24, 2.45) is 0 Å². The van der Waals surface area contributed by atoms with Crippen molar-refractivity contribution in [1.82, 2.24) is 10.2 Å². The molecule has 9 heteroatoms. The highest BCUT2D eigenvalue weighted by atomic mass is 35.5. The van der Waals surface area contributed by atoms with Crippen LogP contribution < -0.4 is 5.32 Å². The van der Waals surface area contributed by atoms with Crippen LogP contribution in [-0.4, -0.2) is 34.6 Å². The molecule has 33 heavy (non-hydrogen) atoms. The van der Waals surface area contributed by atoms with Gasteiger partial charge in [-0.25, -0.2) is 0 Å². The highest BCUT2D eigenvalue weighted by molar-refractivity contribution is 7.99. The lowest BCUT2D eigenvalue weighted by Crippen LogP contribution is -2.50. The van der Waals surface area contributed by atoms with Gasteiger partial charge in [0.25, 0.3) is 0 Å². The van der Waals surface area contributed by atoms with Gasteiger partial charge < -0.3 is 10.2 Å². The molecular formula is C24H26Cl4N2O2S. The molecule has 1 aliphatic rings. The summed E-state index contributed by atoms with van der Waals surface area (Å²) in [4.78, 5) is 27.8. The van der Waals surface area contributed by atoms with Crippen LogP contribution in [0.4, 0.5) is 0 Å². The molecule has 0 saturated heterocycles. The summed E-state index contributed by atoms with van der Waals surface area (Å²) in [5.74, 6) is 0.498. The van der Waals surface area contributed by atoms with Gasteiger partial charge in [0.1, 0.15) is 6.04 Å². The summed E-state index contributed by atoms with van der Waals surface area (Å²) in [6, 6.07) is 10.1. The molecule has 0 spiro atoms. The molecule has 0 heterocycles. The zero-order valence-electron chi connectivity index (χ0n) is 18.3. The Hall–Kier alpha value is -1.11. The first-order valence-corrected chi connectivity index (χ1v) is 13.5. The minimum atomic E-state index is -0.618. The van der Waals surface area contributed by atoms with Crippen molar-refractivity contribution in [3.8, 4) is 0 Å². The van der Waals surface area contributed by atoms with Crippen LogP contribution in [0.3, 0.4) is 0 Å². The van der Waals surface area contributed by atoms with Crippen molar-refractivity contribution in [2.75, 3.05) is 5.75 Å². The average Bonchev–Trinajstić information content (AvgIpc) is 3.28. The van der Waals surface area contributed by atoms with E-state index in [1.54, 1.807) is 36.1 Å². The second kappa shape index (κ2) is 12.6. The van der Waals surface area contributed by atoms with Crippen molar-refractivity contribution in [3.05, 3.63) is 67.6 Å². The predicted molar refractivity (Wildman–Crippen MR) is 139 cm³/mol. The van der Waals surface area contributed by atoms with Gasteiger partial charge in [0.05, 0.1) is 15.8 Å². The van der Waals surface area contributed by atoms with Crippen LogP contribution in [0.2, 0.25) is 20.1 Å². The van der Waals surface area contributed by atoms with Gasteiger partial charge >= 0.3 is 0 Å². The first-order valence-electron chi connectivity index (χ1n) is 10.8. The molecule has 0 bridgehead atoms. The zero-order chi connectivity index (χ0) is 24.0. The highest BCUT2D eigenvalue weighted by Crippen LogP contribution is 2.26. The number of thioether (sulfide) groups is 1. The molecule has 4 nitrogen and oxygen atoms in total. The van der Waals surface area contributed by atoms with E-state index in [4.69, 9.17) is 46.4 Å². The summed E-state index contributed by atoms with van der Waals surface area (Å²) < 4.78 is 0. The number of nitrogens with zero attached hydrogens (tertiary/aromatic N) is 1. The Morgan fingerprint density at radius 1 is 1.03 bits per heavy atom. The molecular weight excluding hydrogens is 522 g/mol. The van der Waals surface area contributed by atoms with Gasteiger partial charge in [-0.15, -0.1) is 11.8 Å². The molecule has 0 unspecified atom stereocenters. The van der Waals surface area contributed by atoms with Crippen LogP contribution in [0.5, 0.6) is 0 Å². The molecule has 0 aromatic heterocycles. The number of halogens is 4. The minimum absolute atomic E-state index is 0.134. The van der Waals surface area contributed by atoms with Gasteiger partial charge in [-0.2, -0.15) is 0 Å². The summed E-state index contributed by atoms with van der Waals surface area (Å²) in [5.41, 5.74) is 1.71. The largest absolute Gasteiger partial charge is 0.352 e. The van der Waals surface area contributed by atoms with Crippen molar-refractivity contribution >= 4 is 70.0 Å². The maximum absolute atomic E-state index is 13.2. The molecule has 3 rings (SSSR count). The van der Waals surface area contributed by atoms with Gasteiger partial charge in [-0.3, -0.25) is 9.59 Å². The third kappa shape index (κ3) is 7.69. The molecule has 0 aliphatic heterocycles. The molecule has 2 amide bonds. The number of rotatable bonds is 9. The molecule has 1 fully saturated rings. The zero-order valence-corrected chi connectivity index (χ0v) is 22.1. The van der Waals surface area contributed by atoms with E-state index >= 15 is 0 Å². The van der Waals surface area contributed by atoms with E-state index in [0.717, 1.165) is 36.8 Å². The third-order valence-corrected chi connectivity index (χ3v) is 8.00. The smallest absolute Gasteiger partial charge is 0.242 e. The van der Waals surface area contributed by atoms with Crippen LogP contribution >= 0.6 is 58.2 Å². The van der Waals surface area contributed by atoms with E-state index < -0.39 is 6.04 Å². The molecule has 0 radical (unpaired) electrons. The van der Waals surface area contributed by atoms with Crippen LogP contribution in [0.15, 0.2) is 36.4 Å². The quantitative estimate of drug-likeness (QED) is 0.367. The molecule has 2 aromatic rings. The molecule has 1 atom stereocenters. The summed E-state index contributed by atoms with van der Waals surface area (Å²) >= 11 is 25.9. The Labute approximate surface area is 219 Å². The number of hydrogen-bond donors (Lipinski definition) is 1. The number of carbonyl (C=O) groups is 2. The third-order valence-electron chi connectivity index (χ3n) is 5.70. The Kier molecular flexibility index (Phi) is 10.1. The maximum Gasteiger partial charge on any atom is 0.242 e. The predicted octanol–water partition coefficient (Wildman–Crippen LogP) is 7.01. The molecule has 1 saturated carbocycles. The summed E-state index contributed by atoms with van der Waals surface area (Å²) in [7, 11) is 0. The SMILES string of the molecule is C[C@H](C(=O)NC1CCCC1)N(Cc1ccc(Cl)c(Cl)c1)C(=O)CSCc1ccc(Cl)cc1Cl. The van der Waals surface area contributed by atoms with Crippen LogP contribution in [0.1, 0.15) is 43.7 Å². The number of benzene rings is 2. The Balaban J connectivity index is 1.69. The Morgan fingerprint density at radius 2 is 1.76 bits per heavy atom. The lowest BCUT2D eigenvalue weighted by atomic mass is 10.1. The van der Waals surface area contributed by atoms with Crippen LogP contribution in [0, 0.1) is 0 Å². The van der Waals surface area contributed by atoms with E-state index in [-0.39, 0.29) is 30.2 Å². The van der Waals surface area contributed by atoms with Crippen molar-refractivity contribution < 1.29 is 9.59 Å². The van der Waals surface area contributed by atoms with E-state index in [0.29, 0.717) is 25.8 Å². The second-order valence-electron chi connectivity index (χ2n) is 8.16. The van der Waals surface area contributed by atoms with E-state index in [1.807, 2.05) is 12.1 Å². The summed E-state index contributed by atoms with van der Waals surface area (Å²) in [6.45, 7) is 2.03. The average molecular weight is 548 g/mol. The van der Waals surface area contributed by atoms with Crippen molar-refractivity contribution in [1.29, 1.82) is 0 Å². The lowest BCUT2D eigenvalue weighted by Gasteiger charge is -2.30. The fourth-order valence-corrected chi connectivity index (χ4v) is 5.57. The molecule has 1 N–H and O–H groups in total. The molecule has 178 valence electrons. The fraction of sp³-hybridized carbons (Fsp3) is 0.417. The maximum atomic E-state index is 13.2. The number of amides is 2. The van der Waals surface area contributed by atoms with Gasteiger partial charge in [0, 0.05) is 28.4 Å². The number of carbonyl (C=O) groups excluding carboxylic acids is 2. The monoisotopic (exact) mass is 546 g/mol. The fourth-order valence-electron chi connectivity index (χ4n) is 3.78. The highest BCUT2D eigenvalue weighted by Gasteiger charge is 2.28. The Bertz CT molecular complexity index is 998. The summed E-state index contributed by atoms with van der Waals surface area (Å²) in [6.07, 6.45) is 4.21. The van der Waals surface area contributed by atoms with Crippen molar-refractivity contribution in [2.45, 2.75) is 57.0 Å². The van der Waals surface area contributed by atoms with E-state index in [2.05, 4.69) is 5.32 Å².